The predicted octanol–water partition coefficient (Wildman–Crippen LogP) is 3.21. The molecule has 0 aliphatic rings. The number of nitrogen functional groups attached to an aromatic ring is 1. The van der Waals surface area contributed by atoms with E-state index in [0.717, 1.165) is 32.1 Å². The number of rotatable bonds is 8. The number of unbranched alkanes of at least 4 members (excludes halogenated alkanes) is 1. The number of benzene rings is 1. The Morgan fingerprint density at radius 3 is 2.45 bits per heavy atom. The molecule has 0 aliphatic heterocycles. The van der Waals surface area contributed by atoms with Crippen LogP contribution in [0.4, 0.5) is 5.69 Å². The zero-order valence-electron chi connectivity index (χ0n) is 12.6. The molecule has 114 valence electrons. The highest BCUT2D eigenvalue weighted by Crippen LogP contribution is 2.23. The third-order valence-corrected chi connectivity index (χ3v) is 5.11. The van der Waals surface area contributed by atoms with Gasteiger partial charge in [0, 0.05) is 6.04 Å². The Balaban J connectivity index is 2.97. The third kappa shape index (κ3) is 4.49. The Morgan fingerprint density at radius 1 is 1.20 bits per heavy atom. The second-order valence-electron chi connectivity index (χ2n) is 5.24. The van der Waals surface area contributed by atoms with E-state index in [9.17, 15) is 8.42 Å². The third-order valence-electron chi connectivity index (χ3n) is 3.38. The minimum Gasteiger partial charge on any atom is -0.398 e. The highest BCUT2D eigenvalue weighted by Gasteiger charge is 2.23. The van der Waals surface area contributed by atoms with Gasteiger partial charge in [0.2, 0.25) is 10.0 Å². The summed E-state index contributed by atoms with van der Waals surface area (Å²) in [5.74, 6) is 0. The summed E-state index contributed by atoms with van der Waals surface area (Å²) in [6.07, 6.45) is 4.77. The summed E-state index contributed by atoms with van der Waals surface area (Å²) < 4.78 is 27.9. The number of sulfonamides is 1. The smallest absolute Gasteiger partial charge is 0.243 e. The molecular weight excluding hydrogens is 272 g/mol. The first-order valence-electron chi connectivity index (χ1n) is 7.29. The second-order valence-corrected chi connectivity index (χ2v) is 6.89. The van der Waals surface area contributed by atoms with E-state index in [1.165, 1.54) is 0 Å². The Bertz CT molecular complexity index is 506. The van der Waals surface area contributed by atoms with Crippen LogP contribution in [-0.4, -0.2) is 14.5 Å². The molecule has 1 aromatic rings. The van der Waals surface area contributed by atoms with Crippen LogP contribution in [0.2, 0.25) is 0 Å². The SMILES string of the molecule is CCCCC(CCC)NS(=O)(=O)c1c(C)cccc1N. The van der Waals surface area contributed by atoms with E-state index in [1.807, 2.05) is 0 Å². The summed E-state index contributed by atoms with van der Waals surface area (Å²) >= 11 is 0. The molecule has 0 fully saturated rings. The maximum atomic E-state index is 12.5. The van der Waals surface area contributed by atoms with Crippen molar-refractivity contribution in [2.24, 2.45) is 0 Å². The van der Waals surface area contributed by atoms with E-state index in [2.05, 4.69) is 18.6 Å². The molecule has 20 heavy (non-hydrogen) atoms. The van der Waals surface area contributed by atoms with E-state index in [-0.39, 0.29) is 10.9 Å². The van der Waals surface area contributed by atoms with Gasteiger partial charge in [-0.1, -0.05) is 45.2 Å². The van der Waals surface area contributed by atoms with Gasteiger partial charge in [-0.15, -0.1) is 0 Å². The molecule has 0 saturated heterocycles. The van der Waals surface area contributed by atoms with Crippen molar-refractivity contribution in [2.75, 3.05) is 5.73 Å². The van der Waals surface area contributed by atoms with Gasteiger partial charge in [0.1, 0.15) is 4.90 Å². The molecule has 0 bridgehead atoms. The van der Waals surface area contributed by atoms with Crippen molar-refractivity contribution in [2.45, 2.75) is 63.8 Å². The minimum absolute atomic E-state index is 0.0102. The van der Waals surface area contributed by atoms with Crippen molar-refractivity contribution in [1.29, 1.82) is 0 Å². The molecule has 1 aromatic carbocycles. The van der Waals surface area contributed by atoms with Crippen LogP contribution in [0, 0.1) is 6.92 Å². The minimum atomic E-state index is -3.55. The van der Waals surface area contributed by atoms with Gasteiger partial charge in [-0.3, -0.25) is 0 Å². The lowest BCUT2D eigenvalue weighted by molar-refractivity contribution is 0.483. The monoisotopic (exact) mass is 298 g/mol. The van der Waals surface area contributed by atoms with Crippen molar-refractivity contribution in [3.05, 3.63) is 23.8 Å². The topological polar surface area (TPSA) is 72.2 Å². The molecule has 1 rings (SSSR count). The zero-order valence-corrected chi connectivity index (χ0v) is 13.5. The van der Waals surface area contributed by atoms with E-state index in [1.54, 1.807) is 25.1 Å². The summed E-state index contributed by atoms with van der Waals surface area (Å²) in [6, 6.07) is 5.15. The lowest BCUT2D eigenvalue weighted by Gasteiger charge is -2.19. The summed E-state index contributed by atoms with van der Waals surface area (Å²) in [5, 5.41) is 0. The molecular formula is C15H26N2O2S. The molecule has 5 heteroatoms. The quantitative estimate of drug-likeness (QED) is 0.724. The lowest BCUT2D eigenvalue weighted by Crippen LogP contribution is -2.35. The highest BCUT2D eigenvalue weighted by molar-refractivity contribution is 7.89. The Morgan fingerprint density at radius 2 is 1.90 bits per heavy atom. The largest absolute Gasteiger partial charge is 0.398 e. The summed E-state index contributed by atoms with van der Waals surface area (Å²) in [4.78, 5) is 0.220. The molecule has 0 aromatic heterocycles. The van der Waals surface area contributed by atoms with Crippen LogP contribution in [0.5, 0.6) is 0 Å². The molecule has 4 nitrogen and oxygen atoms in total. The summed E-state index contributed by atoms with van der Waals surface area (Å²) in [7, 11) is -3.55. The van der Waals surface area contributed by atoms with Gasteiger partial charge in [-0.25, -0.2) is 13.1 Å². The van der Waals surface area contributed by atoms with Crippen molar-refractivity contribution >= 4 is 15.7 Å². The van der Waals surface area contributed by atoms with E-state index in [4.69, 9.17) is 5.73 Å². The van der Waals surface area contributed by atoms with Gasteiger partial charge >= 0.3 is 0 Å². The molecule has 3 N–H and O–H groups in total. The average Bonchev–Trinajstić information content (AvgIpc) is 2.35. The Kier molecular flexibility index (Phi) is 6.49. The molecule has 1 unspecified atom stereocenters. The van der Waals surface area contributed by atoms with Crippen LogP contribution in [0.25, 0.3) is 0 Å². The standard InChI is InChI=1S/C15H26N2O2S/c1-4-6-10-13(8-5-2)17-20(18,19)15-12(3)9-7-11-14(15)16/h7,9,11,13,17H,4-6,8,10,16H2,1-3H3. The fourth-order valence-corrected chi connectivity index (χ4v) is 4.04. The van der Waals surface area contributed by atoms with Crippen LogP contribution in [-0.2, 0) is 10.0 Å². The van der Waals surface area contributed by atoms with Gasteiger partial charge in [0.25, 0.3) is 0 Å². The molecule has 0 amide bonds. The van der Waals surface area contributed by atoms with Crippen LogP contribution in [0.3, 0.4) is 0 Å². The van der Waals surface area contributed by atoms with Crippen molar-refractivity contribution in [3.8, 4) is 0 Å². The number of hydrogen-bond donors (Lipinski definition) is 2. The Hall–Kier alpha value is -1.07. The van der Waals surface area contributed by atoms with Gasteiger partial charge in [0.05, 0.1) is 5.69 Å². The van der Waals surface area contributed by atoms with Gasteiger partial charge in [0.15, 0.2) is 0 Å². The van der Waals surface area contributed by atoms with Gasteiger partial charge < -0.3 is 5.73 Å². The number of anilines is 1. The number of aryl methyl sites for hydroxylation is 1. The van der Waals surface area contributed by atoms with Crippen LogP contribution in [0.15, 0.2) is 23.1 Å². The molecule has 0 spiro atoms. The normalized spacial score (nSPS) is 13.3. The van der Waals surface area contributed by atoms with Crippen LogP contribution >= 0.6 is 0 Å². The molecule has 0 aliphatic carbocycles. The fourth-order valence-electron chi connectivity index (χ4n) is 2.38. The fraction of sp³-hybridized carbons (Fsp3) is 0.600. The van der Waals surface area contributed by atoms with Crippen molar-refractivity contribution < 1.29 is 8.42 Å². The summed E-state index contributed by atoms with van der Waals surface area (Å²) in [6.45, 7) is 5.94. The summed E-state index contributed by atoms with van der Waals surface area (Å²) in [5.41, 5.74) is 6.83. The maximum Gasteiger partial charge on any atom is 0.243 e. The number of hydrogen-bond acceptors (Lipinski definition) is 3. The maximum absolute atomic E-state index is 12.5. The van der Waals surface area contributed by atoms with E-state index in [0.29, 0.717) is 11.3 Å². The highest BCUT2D eigenvalue weighted by atomic mass is 32.2. The first-order valence-corrected chi connectivity index (χ1v) is 8.78. The van der Waals surface area contributed by atoms with Crippen LogP contribution < -0.4 is 10.5 Å². The number of nitrogens with two attached hydrogens (primary N) is 1. The first-order chi connectivity index (χ1) is 9.42. The van der Waals surface area contributed by atoms with Crippen LogP contribution in [0.1, 0.15) is 51.5 Å². The second kappa shape index (κ2) is 7.64. The average molecular weight is 298 g/mol. The van der Waals surface area contributed by atoms with Gasteiger partial charge in [-0.2, -0.15) is 0 Å². The van der Waals surface area contributed by atoms with Gasteiger partial charge in [-0.05, 0) is 31.4 Å². The first kappa shape index (κ1) is 17.0. The van der Waals surface area contributed by atoms with Crippen molar-refractivity contribution in [1.82, 2.24) is 4.72 Å². The Labute approximate surface area is 122 Å². The molecule has 1 atom stereocenters. The molecule has 0 saturated carbocycles. The molecule has 0 heterocycles. The zero-order chi connectivity index (χ0) is 15.2. The van der Waals surface area contributed by atoms with E-state index < -0.39 is 10.0 Å². The lowest BCUT2D eigenvalue weighted by atomic mass is 10.1. The molecule has 0 radical (unpaired) electrons. The van der Waals surface area contributed by atoms with Crippen molar-refractivity contribution in [3.63, 3.8) is 0 Å². The predicted molar refractivity (Wildman–Crippen MR) is 84.1 cm³/mol. The van der Waals surface area contributed by atoms with E-state index >= 15 is 0 Å². The number of nitrogens with one attached hydrogen (secondary N) is 1.